The third-order valence-electron chi connectivity index (χ3n) is 1.65. The highest BCUT2D eigenvalue weighted by Gasteiger charge is 2.13. The van der Waals surface area contributed by atoms with Crippen molar-refractivity contribution in [1.82, 2.24) is 5.32 Å². The monoisotopic (exact) mass is 173 g/mol. The first-order valence-electron chi connectivity index (χ1n) is 4.07. The largest absolute Gasteiger partial charge is 0.411 e. The minimum atomic E-state index is -0.232. The van der Waals surface area contributed by atoms with E-state index >= 15 is 0 Å². The molecule has 0 spiro atoms. The Morgan fingerprint density at radius 1 is 1.67 bits per heavy atom. The smallest absolute Gasteiger partial charge is 0.0706 e. The lowest BCUT2D eigenvalue weighted by Gasteiger charge is -2.22. The van der Waals surface area contributed by atoms with Gasteiger partial charge in [-0.05, 0) is 27.7 Å². The third kappa shape index (κ3) is 5.09. The van der Waals surface area contributed by atoms with Crippen LogP contribution in [0.3, 0.4) is 0 Å². The molecule has 4 heteroatoms. The van der Waals surface area contributed by atoms with Gasteiger partial charge >= 0.3 is 0 Å². The SMILES string of the molecule is C/C(=N\O)[C@@H](C)NCC(C)(C)N. The normalized spacial score (nSPS) is 16.2. The van der Waals surface area contributed by atoms with Gasteiger partial charge in [0.2, 0.25) is 0 Å². The van der Waals surface area contributed by atoms with Crippen LogP contribution in [0.25, 0.3) is 0 Å². The molecule has 0 aliphatic carbocycles. The lowest BCUT2D eigenvalue weighted by Crippen LogP contribution is -2.47. The number of oxime groups is 1. The maximum absolute atomic E-state index is 8.45. The van der Waals surface area contributed by atoms with Crippen molar-refractivity contribution in [3.8, 4) is 0 Å². The van der Waals surface area contributed by atoms with Gasteiger partial charge in [0, 0.05) is 18.1 Å². The van der Waals surface area contributed by atoms with Crippen molar-refractivity contribution >= 4 is 5.71 Å². The second kappa shape index (κ2) is 4.42. The van der Waals surface area contributed by atoms with Crippen LogP contribution in [0, 0.1) is 0 Å². The summed E-state index contributed by atoms with van der Waals surface area (Å²) in [6.07, 6.45) is 0. The molecule has 0 radical (unpaired) electrons. The Morgan fingerprint density at radius 2 is 2.17 bits per heavy atom. The van der Waals surface area contributed by atoms with Crippen LogP contribution in [-0.2, 0) is 0 Å². The molecule has 72 valence electrons. The molecule has 0 bridgehead atoms. The molecule has 0 rings (SSSR count). The molecule has 4 N–H and O–H groups in total. The zero-order chi connectivity index (χ0) is 9.78. The Balaban J connectivity index is 3.80. The summed E-state index contributed by atoms with van der Waals surface area (Å²) < 4.78 is 0. The Morgan fingerprint density at radius 3 is 2.50 bits per heavy atom. The van der Waals surface area contributed by atoms with E-state index in [0.717, 1.165) is 0 Å². The minimum Gasteiger partial charge on any atom is -0.411 e. The first-order chi connectivity index (χ1) is 5.37. The summed E-state index contributed by atoms with van der Waals surface area (Å²) in [7, 11) is 0. The molecule has 0 unspecified atom stereocenters. The highest BCUT2D eigenvalue weighted by Crippen LogP contribution is 1.95. The molecule has 0 aliphatic rings. The second-order valence-electron chi connectivity index (χ2n) is 3.83. The van der Waals surface area contributed by atoms with Gasteiger partial charge in [-0.3, -0.25) is 0 Å². The second-order valence-corrected chi connectivity index (χ2v) is 3.83. The van der Waals surface area contributed by atoms with Crippen LogP contribution in [0.1, 0.15) is 27.7 Å². The van der Waals surface area contributed by atoms with Crippen LogP contribution in [-0.4, -0.2) is 29.0 Å². The maximum Gasteiger partial charge on any atom is 0.0706 e. The van der Waals surface area contributed by atoms with Crippen molar-refractivity contribution in [2.24, 2.45) is 10.9 Å². The van der Waals surface area contributed by atoms with E-state index < -0.39 is 0 Å². The van der Waals surface area contributed by atoms with Crippen molar-refractivity contribution in [3.63, 3.8) is 0 Å². The quantitative estimate of drug-likeness (QED) is 0.330. The number of hydrogen-bond donors (Lipinski definition) is 3. The van der Waals surface area contributed by atoms with E-state index in [9.17, 15) is 0 Å². The fraction of sp³-hybridized carbons (Fsp3) is 0.875. The standard InChI is InChI=1S/C8H19N3O/c1-6(7(2)11-12)10-5-8(3,4)9/h6,10,12H,5,9H2,1-4H3/b11-7+/t6-/m1/s1. The van der Waals surface area contributed by atoms with E-state index in [4.69, 9.17) is 10.9 Å². The van der Waals surface area contributed by atoms with Gasteiger partial charge in [-0.2, -0.15) is 0 Å². The fourth-order valence-corrected chi connectivity index (χ4v) is 0.650. The average molecular weight is 173 g/mol. The summed E-state index contributed by atoms with van der Waals surface area (Å²) in [5.74, 6) is 0. The Kier molecular flexibility index (Phi) is 4.20. The van der Waals surface area contributed by atoms with Gasteiger partial charge in [0.05, 0.1) is 5.71 Å². The van der Waals surface area contributed by atoms with Gasteiger partial charge in [-0.25, -0.2) is 0 Å². The highest BCUT2D eigenvalue weighted by molar-refractivity contribution is 5.86. The summed E-state index contributed by atoms with van der Waals surface area (Å²) in [6.45, 7) is 8.28. The molecular weight excluding hydrogens is 154 g/mol. The summed E-state index contributed by atoms with van der Waals surface area (Å²) in [4.78, 5) is 0. The van der Waals surface area contributed by atoms with Crippen molar-refractivity contribution < 1.29 is 5.21 Å². The van der Waals surface area contributed by atoms with Gasteiger partial charge < -0.3 is 16.3 Å². The average Bonchev–Trinajstić information content (AvgIpc) is 1.97. The fourth-order valence-electron chi connectivity index (χ4n) is 0.650. The van der Waals surface area contributed by atoms with Crippen LogP contribution in [0.4, 0.5) is 0 Å². The number of nitrogens with two attached hydrogens (primary N) is 1. The van der Waals surface area contributed by atoms with Crippen molar-refractivity contribution in [3.05, 3.63) is 0 Å². The van der Waals surface area contributed by atoms with Gasteiger partial charge in [-0.1, -0.05) is 5.16 Å². The zero-order valence-corrected chi connectivity index (χ0v) is 8.26. The van der Waals surface area contributed by atoms with Gasteiger partial charge in [0.1, 0.15) is 0 Å². The molecule has 0 aromatic carbocycles. The van der Waals surface area contributed by atoms with Crippen LogP contribution < -0.4 is 11.1 Å². The predicted octanol–water partition coefficient (Wildman–Crippen LogP) is 0.552. The van der Waals surface area contributed by atoms with E-state index in [1.54, 1.807) is 6.92 Å². The van der Waals surface area contributed by atoms with Crippen LogP contribution >= 0.6 is 0 Å². The molecule has 0 aromatic rings. The van der Waals surface area contributed by atoms with E-state index in [-0.39, 0.29) is 11.6 Å². The number of hydrogen-bond acceptors (Lipinski definition) is 4. The van der Waals surface area contributed by atoms with Crippen molar-refractivity contribution in [2.75, 3.05) is 6.54 Å². The Labute approximate surface area is 73.8 Å². The van der Waals surface area contributed by atoms with E-state index in [0.29, 0.717) is 12.3 Å². The van der Waals surface area contributed by atoms with Crippen LogP contribution in [0.5, 0.6) is 0 Å². The molecule has 12 heavy (non-hydrogen) atoms. The molecule has 0 saturated carbocycles. The molecule has 0 fully saturated rings. The molecule has 0 aromatic heterocycles. The number of nitrogens with zero attached hydrogens (tertiary/aromatic N) is 1. The van der Waals surface area contributed by atoms with Gasteiger partial charge in [-0.15, -0.1) is 0 Å². The topological polar surface area (TPSA) is 70.6 Å². The molecule has 0 saturated heterocycles. The molecular formula is C8H19N3O. The Bertz CT molecular complexity index is 160. The summed E-state index contributed by atoms with van der Waals surface area (Å²) in [6, 6.07) is 0.0674. The van der Waals surface area contributed by atoms with Crippen LogP contribution in [0.2, 0.25) is 0 Å². The number of rotatable bonds is 4. The van der Waals surface area contributed by atoms with E-state index in [1.807, 2.05) is 20.8 Å². The molecule has 0 heterocycles. The maximum atomic E-state index is 8.45. The summed E-state index contributed by atoms with van der Waals surface area (Å²) >= 11 is 0. The molecule has 4 nitrogen and oxygen atoms in total. The zero-order valence-electron chi connectivity index (χ0n) is 8.26. The van der Waals surface area contributed by atoms with E-state index in [1.165, 1.54) is 0 Å². The Hall–Kier alpha value is -0.610. The van der Waals surface area contributed by atoms with E-state index in [2.05, 4.69) is 10.5 Å². The minimum absolute atomic E-state index is 0.0674. The third-order valence-corrected chi connectivity index (χ3v) is 1.65. The van der Waals surface area contributed by atoms with Gasteiger partial charge in [0.15, 0.2) is 0 Å². The summed E-state index contributed by atoms with van der Waals surface area (Å²) in [5, 5.41) is 14.7. The van der Waals surface area contributed by atoms with Gasteiger partial charge in [0.25, 0.3) is 0 Å². The predicted molar refractivity (Wildman–Crippen MR) is 50.6 cm³/mol. The first-order valence-corrected chi connectivity index (χ1v) is 4.07. The van der Waals surface area contributed by atoms with Crippen molar-refractivity contribution in [2.45, 2.75) is 39.3 Å². The number of nitrogens with one attached hydrogen (secondary N) is 1. The first kappa shape index (κ1) is 11.4. The molecule has 0 aliphatic heterocycles. The molecule has 1 atom stereocenters. The van der Waals surface area contributed by atoms with Crippen molar-refractivity contribution in [1.29, 1.82) is 0 Å². The lowest BCUT2D eigenvalue weighted by molar-refractivity contribution is 0.315. The highest BCUT2D eigenvalue weighted by atomic mass is 16.4. The van der Waals surface area contributed by atoms with Crippen LogP contribution in [0.15, 0.2) is 5.16 Å². The molecule has 0 amide bonds. The lowest BCUT2D eigenvalue weighted by atomic mass is 10.1. The summed E-state index contributed by atoms with van der Waals surface area (Å²) in [5.41, 5.74) is 6.19.